The molecule has 3 aromatic carbocycles. The Morgan fingerprint density at radius 2 is 1.79 bits per heavy atom. The number of hydrogen-bond acceptors (Lipinski definition) is 5. The molecule has 53 heavy (non-hydrogen) atoms. The summed E-state index contributed by atoms with van der Waals surface area (Å²) in [5.74, 6) is 0.517. The number of nitrogens with zero attached hydrogens (tertiary/aromatic N) is 1. The van der Waals surface area contributed by atoms with Crippen LogP contribution in [0.4, 0.5) is 9.18 Å². The number of rotatable bonds is 10. The number of allylic oxidation sites excluding steroid dienone is 5. The van der Waals surface area contributed by atoms with Gasteiger partial charge in [0.1, 0.15) is 11.6 Å². The van der Waals surface area contributed by atoms with Gasteiger partial charge in [-0.3, -0.25) is 10.1 Å². The van der Waals surface area contributed by atoms with Gasteiger partial charge in [0.05, 0.1) is 12.1 Å². The molecule has 0 fully saturated rings. The monoisotopic (exact) mass is 775 g/mol. The summed E-state index contributed by atoms with van der Waals surface area (Å²) in [6.45, 7) is 11.1. The van der Waals surface area contributed by atoms with Gasteiger partial charge in [-0.1, -0.05) is 97.1 Å². The van der Waals surface area contributed by atoms with Crippen molar-refractivity contribution in [3.63, 3.8) is 0 Å². The van der Waals surface area contributed by atoms with Gasteiger partial charge in [-0.25, -0.2) is 9.18 Å². The van der Waals surface area contributed by atoms with E-state index in [0.29, 0.717) is 40.1 Å². The third-order valence-electron chi connectivity index (χ3n) is 10.3. The van der Waals surface area contributed by atoms with E-state index in [9.17, 15) is 14.0 Å². The molecular formula is C43H48Cl2FN3O3S. The van der Waals surface area contributed by atoms with Gasteiger partial charge in [0.2, 0.25) is 0 Å². The lowest BCUT2D eigenvalue weighted by molar-refractivity contribution is 0.0964. The first-order chi connectivity index (χ1) is 25.2. The smallest absolute Gasteiger partial charge is 0.321 e. The number of benzene rings is 3. The molecule has 10 heteroatoms. The van der Waals surface area contributed by atoms with Crippen molar-refractivity contribution < 1.29 is 18.7 Å². The third-order valence-corrected chi connectivity index (χ3v) is 12.1. The molecule has 1 aliphatic carbocycles. The van der Waals surface area contributed by atoms with Gasteiger partial charge in [0, 0.05) is 46.3 Å². The first kappa shape index (κ1) is 40.4. The SMILES string of the molecule is COc1cc(C(C)(C)C2=CC(C)C(C)=C(SCc3ccc(C(=O)NC(=O)NCC4=CCCN(C)CC4)cc3Cl)C=C(c3ccc(F)cc3)C2)ccc1Cl. The van der Waals surface area contributed by atoms with Crippen molar-refractivity contribution in [1.82, 2.24) is 15.5 Å². The van der Waals surface area contributed by atoms with E-state index < -0.39 is 11.9 Å². The third kappa shape index (κ3) is 10.4. The molecule has 1 heterocycles. The average molecular weight is 777 g/mol. The van der Waals surface area contributed by atoms with Gasteiger partial charge in [-0.15, -0.1) is 11.8 Å². The Hall–Kier alpha value is -3.82. The van der Waals surface area contributed by atoms with Crippen LogP contribution < -0.4 is 15.4 Å². The molecule has 1 atom stereocenters. The highest BCUT2D eigenvalue weighted by Crippen LogP contribution is 2.44. The maximum atomic E-state index is 14.1. The van der Waals surface area contributed by atoms with E-state index in [1.165, 1.54) is 23.3 Å². The van der Waals surface area contributed by atoms with E-state index in [1.54, 1.807) is 31.0 Å². The first-order valence-corrected chi connectivity index (χ1v) is 19.6. The molecule has 0 saturated carbocycles. The summed E-state index contributed by atoms with van der Waals surface area (Å²) in [4.78, 5) is 28.8. The van der Waals surface area contributed by atoms with Crippen LogP contribution in [0.1, 0.15) is 74.0 Å². The second kappa shape index (κ2) is 18.0. The molecule has 0 radical (unpaired) electrons. The molecule has 0 bridgehead atoms. The van der Waals surface area contributed by atoms with Gasteiger partial charge in [0.25, 0.3) is 5.91 Å². The lowest BCUT2D eigenvalue weighted by Gasteiger charge is -2.33. The van der Waals surface area contributed by atoms with Crippen LogP contribution in [-0.4, -0.2) is 50.6 Å². The molecule has 280 valence electrons. The molecule has 0 spiro atoms. The fraction of sp³-hybridized carbons (Fsp3) is 0.349. The van der Waals surface area contributed by atoms with E-state index in [2.05, 4.69) is 68.5 Å². The van der Waals surface area contributed by atoms with Gasteiger partial charge in [0.15, 0.2) is 0 Å². The largest absolute Gasteiger partial charge is 0.495 e. The zero-order valence-electron chi connectivity index (χ0n) is 31.2. The summed E-state index contributed by atoms with van der Waals surface area (Å²) in [6.07, 6.45) is 9.19. The van der Waals surface area contributed by atoms with Gasteiger partial charge >= 0.3 is 6.03 Å². The highest BCUT2D eigenvalue weighted by atomic mass is 35.5. The molecule has 0 saturated heterocycles. The van der Waals surface area contributed by atoms with E-state index in [1.807, 2.05) is 36.4 Å². The summed E-state index contributed by atoms with van der Waals surface area (Å²) >= 11 is 14.8. The first-order valence-electron chi connectivity index (χ1n) is 17.8. The number of carbonyl (C=O) groups excluding carboxylic acids is 2. The van der Waals surface area contributed by atoms with E-state index in [4.69, 9.17) is 27.9 Å². The number of methoxy groups -OCH3 is 1. The van der Waals surface area contributed by atoms with Crippen molar-refractivity contribution in [2.24, 2.45) is 5.92 Å². The predicted octanol–water partition coefficient (Wildman–Crippen LogP) is 10.8. The molecule has 3 aromatic rings. The zero-order chi connectivity index (χ0) is 38.3. The normalized spacial score (nSPS) is 17.2. The number of hydrogen-bond donors (Lipinski definition) is 2. The van der Waals surface area contributed by atoms with Crippen molar-refractivity contribution in [3.05, 3.63) is 139 Å². The van der Waals surface area contributed by atoms with Crippen LogP contribution in [-0.2, 0) is 11.2 Å². The molecule has 6 nitrogen and oxygen atoms in total. The minimum absolute atomic E-state index is 0.125. The highest BCUT2D eigenvalue weighted by molar-refractivity contribution is 8.02. The topological polar surface area (TPSA) is 70.7 Å². The molecule has 3 amide bonds. The van der Waals surface area contributed by atoms with Gasteiger partial charge < -0.3 is 15.0 Å². The number of halogens is 3. The molecular weight excluding hydrogens is 728 g/mol. The number of nitrogens with one attached hydrogen (secondary N) is 2. The Kier molecular flexibility index (Phi) is 13.7. The second-order valence-electron chi connectivity index (χ2n) is 14.3. The molecule has 5 rings (SSSR count). The summed E-state index contributed by atoms with van der Waals surface area (Å²) in [7, 11) is 3.70. The zero-order valence-corrected chi connectivity index (χ0v) is 33.6. The number of carbonyl (C=O) groups is 2. The van der Waals surface area contributed by atoms with Crippen molar-refractivity contribution in [2.45, 2.75) is 58.1 Å². The van der Waals surface area contributed by atoms with Crippen LogP contribution in [0.5, 0.6) is 5.75 Å². The summed E-state index contributed by atoms with van der Waals surface area (Å²) < 4.78 is 19.6. The summed E-state index contributed by atoms with van der Waals surface area (Å²) in [5.41, 5.74) is 7.49. The number of ether oxygens (including phenoxy) is 1. The van der Waals surface area contributed by atoms with Crippen LogP contribution in [0.2, 0.25) is 10.0 Å². The molecule has 1 unspecified atom stereocenters. The van der Waals surface area contributed by atoms with Crippen LogP contribution in [0.15, 0.2) is 101 Å². The fourth-order valence-electron chi connectivity index (χ4n) is 6.48. The number of thioether (sulfide) groups is 1. The molecule has 2 aliphatic rings. The number of urea groups is 1. The fourth-order valence-corrected chi connectivity index (χ4v) is 8.20. The maximum Gasteiger partial charge on any atom is 0.321 e. The predicted molar refractivity (Wildman–Crippen MR) is 218 cm³/mol. The van der Waals surface area contributed by atoms with Crippen molar-refractivity contribution in [3.8, 4) is 5.75 Å². The van der Waals surface area contributed by atoms with Crippen molar-refractivity contribution >= 4 is 52.5 Å². The van der Waals surface area contributed by atoms with Crippen molar-refractivity contribution in [2.75, 3.05) is 33.8 Å². The Bertz CT molecular complexity index is 1970. The van der Waals surface area contributed by atoms with Crippen LogP contribution in [0.3, 0.4) is 0 Å². The lowest BCUT2D eigenvalue weighted by Crippen LogP contribution is -2.40. The standard InChI is InChI=1S/C43H48Cl2FN3O3S/c1-27-20-35(43(3,4)34-13-16-37(44)39(24-34)52-6)21-33(30-11-14-36(46)15-12-30)23-40(28(27)2)53-26-32-10-9-31(22-38(32)45)41(50)48-42(51)47-25-29-8-7-18-49(5)19-17-29/h8-16,20,22-24,27H,7,17-19,21,25-26H2,1-6H3,(H2,47,48,50,51). The Morgan fingerprint density at radius 3 is 2.51 bits per heavy atom. The van der Waals surface area contributed by atoms with E-state index >= 15 is 0 Å². The Balaban J connectivity index is 1.34. The lowest BCUT2D eigenvalue weighted by atomic mass is 9.72. The average Bonchev–Trinajstić information content (AvgIpc) is 3.34. The molecule has 2 N–H and O–H groups in total. The molecule has 0 aromatic heterocycles. The van der Waals surface area contributed by atoms with E-state index in [-0.39, 0.29) is 17.2 Å². The highest BCUT2D eigenvalue weighted by Gasteiger charge is 2.30. The minimum atomic E-state index is -0.540. The minimum Gasteiger partial charge on any atom is -0.495 e. The quantitative estimate of drug-likeness (QED) is 0.201. The van der Waals surface area contributed by atoms with Crippen molar-refractivity contribution in [1.29, 1.82) is 0 Å². The van der Waals surface area contributed by atoms with Crippen LogP contribution in [0.25, 0.3) is 5.57 Å². The molecule has 1 aliphatic heterocycles. The van der Waals surface area contributed by atoms with Crippen LogP contribution >= 0.6 is 35.0 Å². The van der Waals surface area contributed by atoms with Gasteiger partial charge in [-0.2, -0.15) is 0 Å². The maximum absolute atomic E-state index is 14.1. The summed E-state index contributed by atoms with van der Waals surface area (Å²) in [5, 5.41) is 6.23. The Morgan fingerprint density at radius 1 is 1.04 bits per heavy atom. The van der Waals surface area contributed by atoms with E-state index in [0.717, 1.165) is 58.7 Å². The van der Waals surface area contributed by atoms with Gasteiger partial charge in [-0.05, 0) is 104 Å². The Labute approximate surface area is 327 Å². The number of imide groups is 1. The second-order valence-corrected chi connectivity index (χ2v) is 16.1. The summed E-state index contributed by atoms with van der Waals surface area (Å²) in [6, 6.07) is 17.2. The van der Waals surface area contributed by atoms with Crippen LogP contribution in [0, 0.1) is 11.7 Å². The number of amides is 3.